The van der Waals surface area contributed by atoms with Gasteiger partial charge in [0, 0.05) is 5.92 Å². The zero-order valence-corrected chi connectivity index (χ0v) is 6.57. The van der Waals surface area contributed by atoms with Crippen molar-refractivity contribution in [2.75, 3.05) is 11.5 Å². The largest absolute Gasteiger partial charge is 0.368 e. The summed E-state index contributed by atoms with van der Waals surface area (Å²) in [5.41, 5.74) is 10.7. The molecule has 1 heterocycles. The van der Waals surface area contributed by atoms with Crippen LogP contribution in [0.5, 0.6) is 0 Å². The first-order chi connectivity index (χ1) is 5.09. The van der Waals surface area contributed by atoms with Gasteiger partial charge in [-0.2, -0.15) is 15.0 Å². The molecule has 0 aromatic carbocycles. The molecule has 4 N–H and O–H groups in total. The van der Waals surface area contributed by atoms with E-state index in [1.54, 1.807) is 0 Å². The number of anilines is 2. The van der Waals surface area contributed by atoms with Gasteiger partial charge in [-0.1, -0.05) is 13.8 Å². The second-order valence-electron chi connectivity index (χ2n) is 2.56. The molecule has 0 radical (unpaired) electrons. The van der Waals surface area contributed by atoms with Crippen LogP contribution >= 0.6 is 0 Å². The van der Waals surface area contributed by atoms with E-state index in [0.29, 0.717) is 5.82 Å². The van der Waals surface area contributed by atoms with Gasteiger partial charge >= 0.3 is 0 Å². The van der Waals surface area contributed by atoms with Crippen LogP contribution in [-0.4, -0.2) is 15.0 Å². The lowest BCUT2D eigenvalue weighted by Crippen LogP contribution is -2.07. The van der Waals surface area contributed by atoms with E-state index < -0.39 is 0 Å². The fourth-order valence-corrected chi connectivity index (χ4v) is 0.685. The molecule has 0 saturated carbocycles. The standard InChI is InChI=1S/C6H11N5/c1-3(2)4-9-5(7)11-6(8)10-4/h3H,1-2H3,(H4,7,8,9,10,11). The van der Waals surface area contributed by atoms with Crippen molar-refractivity contribution >= 4 is 11.9 Å². The fourth-order valence-electron chi connectivity index (χ4n) is 0.685. The highest BCUT2D eigenvalue weighted by Crippen LogP contribution is 2.09. The summed E-state index contributed by atoms with van der Waals surface area (Å²) in [6.07, 6.45) is 0. The lowest BCUT2D eigenvalue weighted by atomic mass is 10.2. The van der Waals surface area contributed by atoms with Crippen molar-refractivity contribution in [3.05, 3.63) is 5.82 Å². The summed E-state index contributed by atoms with van der Waals surface area (Å²) in [7, 11) is 0. The lowest BCUT2D eigenvalue weighted by Gasteiger charge is -2.03. The summed E-state index contributed by atoms with van der Waals surface area (Å²) in [4.78, 5) is 11.5. The Hall–Kier alpha value is -1.39. The molecule has 0 saturated heterocycles. The van der Waals surface area contributed by atoms with E-state index in [0.717, 1.165) is 0 Å². The Morgan fingerprint density at radius 1 is 1.00 bits per heavy atom. The normalized spacial score (nSPS) is 10.5. The van der Waals surface area contributed by atoms with Crippen molar-refractivity contribution in [1.29, 1.82) is 0 Å². The maximum Gasteiger partial charge on any atom is 0.225 e. The summed E-state index contributed by atoms with van der Waals surface area (Å²) < 4.78 is 0. The lowest BCUT2D eigenvalue weighted by molar-refractivity contribution is 0.768. The van der Waals surface area contributed by atoms with Crippen LogP contribution in [0.4, 0.5) is 11.9 Å². The van der Waals surface area contributed by atoms with Gasteiger partial charge in [-0.15, -0.1) is 0 Å². The van der Waals surface area contributed by atoms with Crippen LogP contribution in [0.1, 0.15) is 25.6 Å². The van der Waals surface area contributed by atoms with Crippen LogP contribution in [0.2, 0.25) is 0 Å². The number of aromatic nitrogens is 3. The molecule has 1 rings (SSSR count). The molecule has 0 spiro atoms. The van der Waals surface area contributed by atoms with Crippen molar-refractivity contribution < 1.29 is 0 Å². The van der Waals surface area contributed by atoms with Gasteiger partial charge in [0.05, 0.1) is 0 Å². The summed E-state index contributed by atoms with van der Waals surface area (Å²) in [6.45, 7) is 3.93. The predicted molar refractivity (Wildman–Crippen MR) is 42.7 cm³/mol. The molecule has 1 aromatic rings. The van der Waals surface area contributed by atoms with Crippen molar-refractivity contribution in [3.8, 4) is 0 Å². The average molecular weight is 153 g/mol. The van der Waals surface area contributed by atoms with E-state index in [-0.39, 0.29) is 17.8 Å². The molecule has 1 aromatic heterocycles. The molecule has 0 atom stereocenters. The number of nitrogens with two attached hydrogens (primary N) is 2. The van der Waals surface area contributed by atoms with Gasteiger partial charge in [0.2, 0.25) is 11.9 Å². The SMILES string of the molecule is CC(C)c1nc(N)nc(N)n1. The number of rotatable bonds is 1. The van der Waals surface area contributed by atoms with Crippen LogP contribution in [0.25, 0.3) is 0 Å². The predicted octanol–water partition coefficient (Wildman–Crippen LogP) is 0.159. The first-order valence-electron chi connectivity index (χ1n) is 3.36. The Kier molecular flexibility index (Phi) is 1.89. The second-order valence-corrected chi connectivity index (χ2v) is 2.56. The van der Waals surface area contributed by atoms with Crippen LogP contribution in [-0.2, 0) is 0 Å². The Morgan fingerprint density at radius 3 is 1.82 bits per heavy atom. The Balaban J connectivity index is 3.08. The first kappa shape index (κ1) is 7.71. The number of nitrogens with zero attached hydrogens (tertiary/aromatic N) is 3. The highest BCUT2D eigenvalue weighted by molar-refractivity contribution is 5.26. The van der Waals surface area contributed by atoms with Crippen molar-refractivity contribution in [2.24, 2.45) is 0 Å². The second kappa shape index (κ2) is 2.69. The highest BCUT2D eigenvalue weighted by atomic mass is 15.1. The minimum Gasteiger partial charge on any atom is -0.368 e. The van der Waals surface area contributed by atoms with Crippen LogP contribution in [0.3, 0.4) is 0 Å². The maximum absolute atomic E-state index is 5.36. The minimum absolute atomic E-state index is 0.182. The van der Waals surface area contributed by atoms with E-state index in [4.69, 9.17) is 11.5 Å². The molecule has 0 amide bonds. The number of hydrogen-bond donors (Lipinski definition) is 2. The maximum atomic E-state index is 5.36. The third-order valence-electron chi connectivity index (χ3n) is 1.20. The van der Waals surface area contributed by atoms with Gasteiger partial charge in [-0.3, -0.25) is 0 Å². The molecule has 0 aliphatic carbocycles. The summed E-state index contributed by atoms with van der Waals surface area (Å²) >= 11 is 0. The van der Waals surface area contributed by atoms with Gasteiger partial charge in [0.1, 0.15) is 5.82 Å². The molecular weight excluding hydrogens is 142 g/mol. The topological polar surface area (TPSA) is 90.7 Å². The smallest absolute Gasteiger partial charge is 0.225 e. The molecule has 0 bridgehead atoms. The summed E-state index contributed by atoms with van der Waals surface area (Å²) in [5.74, 6) is 1.22. The third-order valence-corrected chi connectivity index (χ3v) is 1.20. The summed E-state index contributed by atoms with van der Waals surface area (Å²) in [5, 5.41) is 0. The van der Waals surface area contributed by atoms with E-state index in [9.17, 15) is 0 Å². The van der Waals surface area contributed by atoms with Gasteiger partial charge in [0.25, 0.3) is 0 Å². The molecule has 11 heavy (non-hydrogen) atoms. The van der Waals surface area contributed by atoms with Gasteiger partial charge in [0.15, 0.2) is 0 Å². The van der Waals surface area contributed by atoms with E-state index in [2.05, 4.69) is 15.0 Å². The molecule has 0 aliphatic rings. The molecular formula is C6H11N5. The van der Waals surface area contributed by atoms with Gasteiger partial charge in [-0.05, 0) is 0 Å². The van der Waals surface area contributed by atoms with Crippen molar-refractivity contribution in [2.45, 2.75) is 19.8 Å². The Morgan fingerprint density at radius 2 is 1.45 bits per heavy atom. The average Bonchev–Trinajstić information content (AvgIpc) is 1.85. The molecule has 0 aliphatic heterocycles. The number of nitrogen functional groups attached to an aromatic ring is 2. The fraction of sp³-hybridized carbons (Fsp3) is 0.500. The van der Waals surface area contributed by atoms with Crippen LogP contribution in [0.15, 0.2) is 0 Å². The Bertz CT molecular complexity index is 237. The van der Waals surface area contributed by atoms with E-state index in [1.165, 1.54) is 0 Å². The zero-order valence-electron chi connectivity index (χ0n) is 6.57. The van der Waals surface area contributed by atoms with E-state index in [1.807, 2.05) is 13.8 Å². The first-order valence-corrected chi connectivity index (χ1v) is 3.36. The quantitative estimate of drug-likeness (QED) is 0.599. The Labute approximate surface area is 64.9 Å². The van der Waals surface area contributed by atoms with Crippen molar-refractivity contribution in [1.82, 2.24) is 15.0 Å². The van der Waals surface area contributed by atoms with Crippen LogP contribution < -0.4 is 11.5 Å². The molecule has 0 unspecified atom stereocenters. The monoisotopic (exact) mass is 153 g/mol. The van der Waals surface area contributed by atoms with E-state index >= 15 is 0 Å². The molecule has 0 fully saturated rings. The highest BCUT2D eigenvalue weighted by Gasteiger charge is 2.04. The minimum atomic E-state index is 0.182. The zero-order chi connectivity index (χ0) is 8.43. The summed E-state index contributed by atoms with van der Waals surface area (Å²) in [6, 6.07) is 0. The van der Waals surface area contributed by atoms with Crippen molar-refractivity contribution in [3.63, 3.8) is 0 Å². The van der Waals surface area contributed by atoms with Gasteiger partial charge < -0.3 is 11.5 Å². The number of hydrogen-bond acceptors (Lipinski definition) is 5. The molecule has 5 nitrogen and oxygen atoms in total. The van der Waals surface area contributed by atoms with Gasteiger partial charge in [-0.25, -0.2) is 0 Å². The van der Waals surface area contributed by atoms with Crippen LogP contribution in [0, 0.1) is 0 Å². The third kappa shape index (κ3) is 1.76. The molecule has 5 heteroatoms. The molecule has 60 valence electrons.